The van der Waals surface area contributed by atoms with Gasteiger partial charge in [0.2, 0.25) is 0 Å². The van der Waals surface area contributed by atoms with Crippen LogP contribution in [-0.4, -0.2) is 17.1 Å². The Labute approximate surface area is 124 Å². The normalized spacial score (nSPS) is 27.3. The summed E-state index contributed by atoms with van der Waals surface area (Å²) in [6.07, 6.45) is 8.43. The van der Waals surface area contributed by atoms with Crippen LogP contribution < -0.4 is 0 Å². The monoisotopic (exact) mass is 283 g/mol. The molecule has 0 aliphatic heterocycles. The molecule has 2 aliphatic rings. The van der Waals surface area contributed by atoms with Crippen LogP contribution in [0.1, 0.15) is 37.7 Å². The van der Waals surface area contributed by atoms with E-state index in [1.807, 2.05) is 18.3 Å². The van der Waals surface area contributed by atoms with Crippen molar-refractivity contribution in [2.24, 2.45) is 11.8 Å². The summed E-state index contributed by atoms with van der Waals surface area (Å²) in [5, 5.41) is 1.21. The Bertz CT molecular complexity index is 660. The number of aryl methyl sites for hydroxylation is 1. The Morgan fingerprint density at radius 1 is 1.24 bits per heavy atom. The average molecular weight is 283 g/mol. The maximum Gasteiger partial charge on any atom is 0.306 e. The van der Waals surface area contributed by atoms with Crippen LogP contribution >= 0.6 is 0 Å². The lowest BCUT2D eigenvalue weighted by atomic mass is 9.98. The van der Waals surface area contributed by atoms with Gasteiger partial charge in [0.15, 0.2) is 0 Å². The molecule has 0 amide bonds. The second-order valence-corrected chi connectivity index (χ2v) is 6.56. The number of carbonyl (C=O) groups excluding carboxylic acids is 1. The lowest BCUT2D eigenvalue weighted by Crippen LogP contribution is -2.24. The second kappa shape index (κ2) is 5.21. The molecule has 1 N–H and O–H groups in total. The minimum Gasteiger partial charge on any atom is -0.462 e. The van der Waals surface area contributed by atoms with Gasteiger partial charge in [0.05, 0.1) is 0 Å². The SMILES string of the molecule is O=C(CCc1c[nH]c2ccccc12)OC1CC2CCC1C2. The molecule has 2 aliphatic carbocycles. The van der Waals surface area contributed by atoms with Crippen molar-refractivity contribution in [1.82, 2.24) is 4.98 Å². The smallest absolute Gasteiger partial charge is 0.306 e. The fourth-order valence-electron chi connectivity index (χ4n) is 4.13. The van der Waals surface area contributed by atoms with Crippen molar-refractivity contribution in [3.8, 4) is 0 Å². The Balaban J connectivity index is 1.35. The topological polar surface area (TPSA) is 42.1 Å². The van der Waals surface area contributed by atoms with Crippen LogP contribution in [0.25, 0.3) is 10.9 Å². The number of aromatic amines is 1. The summed E-state index contributed by atoms with van der Waals surface area (Å²) < 4.78 is 5.71. The number of nitrogens with one attached hydrogen (secondary N) is 1. The molecule has 3 heteroatoms. The number of aromatic nitrogens is 1. The second-order valence-electron chi connectivity index (χ2n) is 6.56. The maximum absolute atomic E-state index is 12.1. The van der Waals surface area contributed by atoms with Gasteiger partial charge in [0.1, 0.15) is 6.10 Å². The first kappa shape index (κ1) is 12.9. The third-order valence-electron chi connectivity index (χ3n) is 5.23. The first-order valence-corrected chi connectivity index (χ1v) is 8.04. The molecule has 0 saturated heterocycles. The summed E-state index contributed by atoms with van der Waals surface area (Å²) in [7, 11) is 0. The molecule has 2 fully saturated rings. The Morgan fingerprint density at radius 3 is 2.95 bits per heavy atom. The molecule has 3 unspecified atom stereocenters. The van der Waals surface area contributed by atoms with Gasteiger partial charge in [-0.15, -0.1) is 0 Å². The third kappa shape index (κ3) is 2.45. The van der Waals surface area contributed by atoms with Crippen LogP contribution in [0.15, 0.2) is 30.5 Å². The van der Waals surface area contributed by atoms with E-state index in [0.29, 0.717) is 12.3 Å². The van der Waals surface area contributed by atoms with Gasteiger partial charge in [0, 0.05) is 23.5 Å². The van der Waals surface area contributed by atoms with Crippen molar-refractivity contribution in [2.45, 2.75) is 44.6 Å². The Hall–Kier alpha value is -1.77. The predicted octanol–water partition coefficient (Wildman–Crippen LogP) is 3.83. The van der Waals surface area contributed by atoms with E-state index in [0.717, 1.165) is 24.3 Å². The zero-order chi connectivity index (χ0) is 14.2. The van der Waals surface area contributed by atoms with E-state index >= 15 is 0 Å². The average Bonchev–Trinajstić information content (AvgIpc) is 3.20. The van der Waals surface area contributed by atoms with Gasteiger partial charge in [-0.2, -0.15) is 0 Å². The number of esters is 1. The predicted molar refractivity (Wildman–Crippen MR) is 81.9 cm³/mol. The zero-order valence-corrected chi connectivity index (χ0v) is 12.2. The number of ether oxygens (including phenoxy) is 1. The minimum absolute atomic E-state index is 0.0298. The van der Waals surface area contributed by atoms with Crippen molar-refractivity contribution >= 4 is 16.9 Å². The van der Waals surface area contributed by atoms with E-state index in [-0.39, 0.29) is 12.1 Å². The van der Waals surface area contributed by atoms with E-state index in [1.165, 1.54) is 30.2 Å². The highest BCUT2D eigenvalue weighted by Gasteiger charge is 2.41. The molecule has 3 atom stereocenters. The number of hydrogen-bond acceptors (Lipinski definition) is 2. The Kier molecular flexibility index (Phi) is 3.21. The Morgan fingerprint density at radius 2 is 2.14 bits per heavy atom. The van der Waals surface area contributed by atoms with Crippen molar-refractivity contribution < 1.29 is 9.53 Å². The van der Waals surface area contributed by atoms with Gasteiger partial charge >= 0.3 is 5.97 Å². The molecule has 21 heavy (non-hydrogen) atoms. The van der Waals surface area contributed by atoms with Crippen LogP contribution in [0, 0.1) is 11.8 Å². The molecule has 2 aromatic rings. The van der Waals surface area contributed by atoms with E-state index < -0.39 is 0 Å². The highest BCUT2D eigenvalue weighted by Crippen LogP contribution is 2.45. The van der Waals surface area contributed by atoms with Crippen molar-refractivity contribution in [3.63, 3.8) is 0 Å². The molecule has 1 heterocycles. The molecule has 1 aromatic carbocycles. The first-order valence-electron chi connectivity index (χ1n) is 8.04. The number of hydrogen-bond donors (Lipinski definition) is 1. The van der Waals surface area contributed by atoms with Crippen LogP contribution in [0.5, 0.6) is 0 Å². The van der Waals surface area contributed by atoms with Gasteiger partial charge in [-0.1, -0.05) is 18.2 Å². The number of fused-ring (bicyclic) bond motifs is 3. The van der Waals surface area contributed by atoms with Gasteiger partial charge in [-0.3, -0.25) is 4.79 Å². The molecule has 1 aromatic heterocycles. The fraction of sp³-hybridized carbons (Fsp3) is 0.500. The number of benzene rings is 1. The first-order chi connectivity index (χ1) is 10.3. The van der Waals surface area contributed by atoms with Crippen LogP contribution in [0.4, 0.5) is 0 Å². The standard InChI is InChI=1S/C18H21NO2/c20-18(21-17-10-12-5-6-13(17)9-12)8-7-14-11-19-16-4-2-1-3-15(14)16/h1-4,11-13,17,19H,5-10H2. The number of H-pyrrole nitrogens is 1. The fourth-order valence-corrected chi connectivity index (χ4v) is 4.13. The molecule has 2 bridgehead atoms. The molecular weight excluding hydrogens is 262 g/mol. The van der Waals surface area contributed by atoms with Gasteiger partial charge in [-0.05, 0) is 55.6 Å². The minimum atomic E-state index is -0.0298. The summed E-state index contributed by atoms with van der Waals surface area (Å²) in [5.74, 6) is 1.44. The lowest BCUT2D eigenvalue weighted by molar-refractivity contribution is -0.151. The molecule has 3 nitrogen and oxygen atoms in total. The summed E-state index contributed by atoms with van der Waals surface area (Å²) in [6, 6.07) is 8.22. The quantitative estimate of drug-likeness (QED) is 0.866. The van der Waals surface area contributed by atoms with Crippen LogP contribution in [0.2, 0.25) is 0 Å². The lowest BCUT2D eigenvalue weighted by Gasteiger charge is -2.21. The van der Waals surface area contributed by atoms with Gasteiger partial charge < -0.3 is 9.72 Å². The maximum atomic E-state index is 12.1. The summed E-state index contributed by atoms with van der Waals surface area (Å²) in [6.45, 7) is 0. The zero-order valence-electron chi connectivity index (χ0n) is 12.2. The summed E-state index contributed by atoms with van der Waals surface area (Å²) >= 11 is 0. The summed E-state index contributed by atoms with van der Waals surface area (Å²) in [5.41, 5.74) is 2.34. The van der Waals surface area contributed by atoms with Crippen molar-refractivity contribution in [3.05, 3.63) is 36.0 Å². The van der Waals surface area contributed by atoms with Gasteiger partial charge in [-0.25, -0.2) is 0 Å². The van der Waals surface area contributed by atoms with E-state index in [1.54, 1.807) is 0 Å². The number of para-hydroxylation sites is 1. The number of rotatable bonds is 4. The van der Waals surface area contributed by atoms with Crippen LogP contribution in [0.3, 0.4) is 0 Å². The molecule has 4 rings (SSSR count). The van der Waals surface area contributed by atoms with E-state index in [9.17, 15) is 4.79 Å². The van der Waals surface area contributed by atoms with Gasteiger partial charge in [0.25, 0.3) is 0 Å². The largest absolute Gasteiger partial charge is 0.462 e. The summed E-state index contributed by atoms with van der Waals surface area (Å²) in [4.78, 5) is 15.3. The molecule has 110 valence electrons. The highest BCUT2D eigenvalue weighted by molar-refractivity contribution is 5.83. The van der Waals surface area contributed by atoms with Crippen molar-refractivity contribution in [1.29, 1.82) is 0 Å². The molecule has 2 saturated carbocycles. The molecule has 0 radical (unpaired) electrons. The third-order valence-corrected chi connectivity index (χ3v) is 5.23. The van der Waals surface area contributed by atoms with E-state index in [4.69, 9.17) is 4.74 Å². The van der Waals surface area contributed by atoms with Crippen LogP contribution in [-0.2, 0) is 16.0 Å². The molecule has 0 spiro atoms. The highest BCUT2D eigenvalue weighted by atomic mass is 16.5. The van der Waals surface area contributed by atoms with E-state index in [2.05, 4.69) is 17.1 Å². The molecular formula is C18H21NO2. The number of carbonyl (C=O) groups is 1. The van der Waals surface area contributed by atoms with Crippen molar-refractivity contribution in [2.75, 3.05) is 0 Å².